The maximum Gasteiger partial charge on any atom is 0.273 e. The Morgan fingerprint density at radius 2 is 2.18 bits per heavy atom. The summed E-state index contributed by atoms with van der Waals surface area (Å²) in [5.74, 6) is -0.242. The van der Waals surface area contributed by atoms with Gasteiger partial charge < -0.3 is 11.1 Å². The zero-order chi connectivity index (χ0) is 12.3. The van der Waals surface area contributed by atoms with Crippen LogP contribution >= 0.6 is 23.8 Å². The first kappa shape index (κ1) is 12.4. The highest BCUT2D eigenvalue weighted by Gasteiger charge is 2.37. The van der Waals surface area contributed by atoms with Crippen molar-refractivity contribution in [2.24, 2.45) is 5.73 Å². The fourth-order valence-corrected chi connectivity index (χ4v) is 2.82. The molecule has 0 aliphatic heterocycles. The molecule has 0 radical (unpaired) electrons. The summed E-state index contributed by atoms with van der Waals surface area (Å²) in [5, 5.41) is 8.29. The third-order valence-electron chi connectivity index (χ3n) is 3.12. The molecule has 1 amide bonds. The summed E-state index contributed by atoms with van der Waals surface area (Å²) in [6.07, 6.45) is 4.86. The van der Waals surface area contributed by atoms with Crippen LogP contribution in [0.4, 0.5) is 0 Å². The second-order valence-electron chi connectivity index (χ2n) is 4.25. The summed E-state index contributed by atoms with van der Waals surface area (Å²) in [7, 11) is 0. The fourth-order valence-electron chi connectivity index (χ4n) is 2.13. The Morgan fingerprint density at radius 1 is 1.47 bits per heavy atom. The van der Waals surface area contributed by atoms with Gasteiger partial charge in [0.25, 0.3) is 5.91 Å². The molecule has 0 bridgehead atoms. The van der Waals surface area contributed by atoms with E-state index < -0.39 is 5.54 Å². The molecule has 1 aromatic rings. The Morgan fingerprint density at radius 3 is 2.71 bits per heavy atom. The van der Waals surface area contributed by atoms with Crippen molar-refractivity contribution in [2.45, 2.75) is 37.6 Å². The Labute approximate surface area is 109 Å². The molecule has 7 heteroatoms. The summed E-state index contributed by atoms with van der Waals surface area (Å²) in [6.45, 7) is 0. The van der Waals surface area contributed by atoms with Crippen LogP contribution in [-0.2, 0) is 0 Å². The van der Waals surface area contributed by atoms with Gasteiger partial charge in [0.15, 0.2) is 5.69 Å². The van der Waals surface area contributed by atoms with Gasteiger partial charge in [-0.1, -0.05) is 36.0 Å². The molecule has 1 fully saturated rings. The van der Waals surface area contributed by atoms with E-state index in [1.807, 2.05) is 0 Å². The van der Waals surface area contributed by atoms with E-state index in [0.29, 0.717) is 10.7 Å². The van der Waals surface area contributed by atoms with Crippen LogP contribution < -0.4 is 11.1 Å². The standard InChI is InChI=1S/C10H14N4OS2/c11-9(16)10(4-2-1-3-5-10)12-8(15)7-6-17-14-13-7/h6H,1-5H2,(H2,11,16)(H,12,15). The second-order valence-corrected chi connectivity index (χ2v) is 5.30. The maximum atomic E-state index is 12.0. The maximum absolute atomic E-state index is 12.0. The smallest absolute Gasteiger partial charge is 0.273 e. The molecule has 0 atom stereocenters. The van der Waals surface area contributed by atoms with Gasteiger partial charge in [-0.3, -0.25) is 4.79 Å². The van der Waals surface area contributed by atoms with Crippen LogP contribution in [0.1, 0.15) is 42.6 Å². The van der Waals surface area contributed by atoms with Crippen molar-refractivity contribution >= 4 is 34.6 Å². The number of nitrogens with two attached hydrogens (primary N) is 1. The molecule has 1 aliphatic rings. The average Bonchev–Trinajstić information content (AvgIpc) is 2.83. The number of carbonyl (C=O) groups is 1. The largest absolute Gasteiger partial charge is 0.391 e. The van der Waals surface area contributed by atoms with Gasteiger partial charge in [-0.25, -0.2) is 0 Å². The highest BCUT2D eigenvalue weighted by molar-refractivity contribution is 7.80. The van der Waals surface area contributed by atoms with Crippen molar-refractivity contribution in [3.8, 4) is 0 Å². The normalized spacial score (nSPS) is 18.6. The number of rotatable bonds is 3. The van der Waals surface area contributed by atoms with Crippen molar-refractivity contribution in [2.75, 3.05) is 0 Å². The number of carbonyl (C=O) groups excluding carboxylic acids is 1. The van der Waals surface area contributed by atoms with Crippen LogP contribution in [0.2, 0.25) is 0 Å². The molecule has 2 rings (SSSR count). The highest BCUT2D eigenvalue weighted by Crippen LogP contribution is 2.28. The van der Waals surface area contributed by atoms with Crippen LogP contribution in [0.5, 0.6) is 0 Å². The first-order valence-corrected chi connectivity index (χ1v) is 6.78. The van der Waals surface area contributed by atoms with Crippen LogP contribution in [0.15, 0.2) is 5.38 Å². The topological polar surface area (TPSA) is 80.9 Å². The third-order valence-corrected chi connectivity index (χ3v) is 4.02. The van der Waals surface area contributed by atoms with E-state index in [2.05, 4.69) is 14.9 Å². The minimum Gasteiger partial charge on any atom is -0.391 e. The van der Waals surface area contributed by atoms with Gasteiger partial charge in [0, 0.05) is 5.38 Å². The van der Waals surface area contributed by atoms with E-state index in [-0.39, 0.29) is 5.91 Å². The van der Waals surface area contributed by atoms with Crippen LogP contribution in [0, 0.1) is 0 Å². The number of nitrogens with zero attached hydrogens (tertiary/aromatic N) is 2. The molecule has 1 aliphatic carbocycles. The van der Waals surface area contributed by atoms with E-state index in [9.17, 15) is 4.79 Å². The molecule has 1 saturated carbocycles. The second kappa shape index (κ2) is 5.05. The Kier molecular flexibility index (Phi) is 3.68. The summed E-state index contributed by atoms with van der Waals surface area (Å²) >= 11 is 6.26. The Bertz CT molecular complexity index is 412. The van der Waals surface area contributed by atoms with E-state index in [4.69, 9.17) is 18.0 Å². The molecule has 0 saturated heterocycles. The number of amides is 1. The average molecular weight is 270 g/mol. The zero-order valence-corrected chi connectivity index (χ0v) is 10.9. The van der Waals surface area contributed by atoms with Crippen molar-refractivity contribution in [1.29, 1.82) is 0 Å². The molecule has 1 aromatic heterocycles. The number of aromatic nitrogens is 2. The monoisotopic (exact) mass is 270 g/mol. The number of nitrogens with one attached hydrogen (secondary N) is 1. The van der Waals surface area contributed by atoms with E-state index in [1.165, 1.54) is 6.42 Å². The lowest BCUT2D eigenvalue weighted by atomic mass is 9.81. The van der Waals surface area contributed by atoms with Crippen LogP contribution in [0.3, 0.4) is 0 Å². The minimum atomic E-state index is -0.533. The lowest BCUT2D eigenvalue weighted by Crippen LogP contribution is -2.57. The minimum absolute atomic E-state index is 0.242. The SMILES string of the molecule is NC(=S)C1(NC(=O)c2csnn2)CCCCC1. The van der Waals surface area contributed by atoms with Crippen molar-refractivity contribution in [3.63, 3.8) is 0 Å². The molecule has 0 unspecified atom stereocenters. The molecule has 17 heavy (non-hydrogen) atoms. The first-order valence-electron chi connectivity index (χ1n) is 5.53. The van der Waals surface area contributed by atoms with E-state index in [1.54, 1.807) is 5.38 Å². The molecule has 5 nitrogen and oxygen atoms in total. The van der Waals surface area contributed by atoms with Gasteiger partial charge in [0.2, 0.25) is 0 Å². The molecule has 0 aromatic carbocycles. The quantitative estimate of drug-likeness (QED) is 0.808. The van der Waals surface area contributed by atoms with Crippen LogP contribution in [-0.4, -0.2) is 26.0 Å². The summed E-state index contributed by atoms with van der Waals surface area (Å²) < 4.78 is 3.67. The predicted molar refractivity (Wildman–Crippen MR) is 70.0 cm³/mol. The first-order chi connectivity index (χ1) is 8.14. The highest BCUT2D eigenvalue weighted by atomic mass is 32.1. The Balaban J connectivity index is 2.13. The molecule has 1 heterocycles. The van der Waals surface area contributed by atoms with Gasteiger partial charge >= 0.3 is 0 Å². The predicted octanol–water partition coefficient (Wildman–Crippen LogP) is 1.26. The zero-order valence-electron chi connectivity index (χ0n) is 9.31. The Hall–Kier alpha value is -1.08. The van der Waals surface area contributed by atoms with Crippen molar-refractivity contribution < 1.29 is 4.79 Å². The van der Waals surface area contributed by atoms with Gasteiger partial charge in [-0.2, -0.15) is 0 Å². The fraction of sp³-hybridized carbons (Fsp3) is 0.600. The molecule has 92 valence electrons. The lowest BCUT2D eigenvalue weighted by Gasteiger charge is -2.36. The summed E-state index contributed by atoms with van der Waals surface area (Å²) in [5.41, 5.74) is 5.58. The van der Waals surface area contributed by atoms with Crippen molar-refractivity contribution in [1.82, 2.24) is 14.9 Å². The molecular formula is C10H14N4OS2. The number of hydrogen-bond acceptors (Lipinski definition) is 5. The van der Waals surface area contributed by atoms with Crippen LogP contribution in [0.25, 0.3) is 0 Å². The van der Waals surface area contributed by atoms with E-state index >= 15 is 0 Å². The van der Waals surface area contributed by atoms with Crippen molar-refractivity contribution in [3.05, 3.63) is 11.1 Å². The molecule has 0 spiro atoms. The lowest BCUT2D eigenvalue weighted by molar-refractivity contribution is 0.0903. The third kappa shape index (κ3) is 2.61. The summed E-state index contributed by atoms with van der Waals surface area (Å²) in [4.78, 5) is 12.3. The molecular weight excluding hydrogens is 256 g/mol. The van der Waals surface area contributed by atoms with Gasteiger partial charge in [0.05, 0.1) is 10.5 Å². The van der Waals surface area contributed by atoms with Gasteiger partial charge in [-0.15, -0.1) is 5.10 Å². The number of thiocarbonyl (C=S) groups is 1. The van der Waals surface area contributed by atoms with Gasteiger partial charge in [-0.05, 0) is 24.4 Å². The van der Waals surface area contributed by atoms with Gasteiger partial charge in [0.1, 0.15) is 0 Å². The number of hydrogen-bond donors (Lipinski definition) is 2. The summed E-state index contributed by atoms with van der Waals surface area (Å²) in [6, 6.07) is 0. The molecule has 3 N–H and O–H groups in total. The van der Waals surface area contributed by atoms with E-state index in [0.717, 1.165) is 37.2 Å².